The van der Waals surface area contributed by atoms with Crippen molar-refractivity contribution in [3.8, 4) is 0 Å². The molecule has 0 spiro atoms. The minimum absolute atomic E-state index is 0.476. The normalized spacial score (nSPS) is 13.5. The number of rotatable bonds is 2. The molecular formula is C22H20. The van der Waals surface area contributed by atoms with Crippen LogP contribution >= 0.6 is 0 Å². The average Bonchev–Trinajstić information content (AvgIpc) is 2.56. The zero-order valence-electron chi connectivity index (χ0n) is 12.9. The summed E-state index contributed by atoms with van der Waals surface area (Å²) in [7, 11) is 0. The molecular weight excluding hydrogens is 264 g/mol. The Labute approximate surface area is 132 Å². The molecule has 0 aromatic heterocycles. The van der Waals surface area contributed by atoms with Gasteiger partial charge in [0.2, 0.25) is 0 Å². The highest BCUT2D eigenvalue weighted by Crippen LogP contribution is 2.38. The molecule has 1 aliphatic carbocycles. The number of hydrogen-bond donors (Lipinski definition) is 0. The van der Waals surface area contributed by atoms with Gasteiger partial charge in [-0.2, -0.15) is 0 Å². The Morgan fingerprint density at radius 3 is 1.86 bits per heavy atom. The Morgan fingerprint density at radius 2 is 1.27 bits per heavy atom. The molecule has 0 unspecified atom stereocenters. The molecule has 0 saturated heterocycles. The van der Waals surface area contributed by atoms with Gasteiger partial charge in [-0.1, -0.05) is 78.4 Å². The molecule has 108 valence electrons. The lowest BCUT2D eigenvalue weighted by Crippen LogP contribution is -2.15. The van der Waals surface area contributed by atoms with Crippen LogP contribution in [0, 0.1) is 6.92 Å². The molecule has 0 nitrogen and oxygen atoms in total. The Bertz CT molecular complexity index is 751. The van der Waals surface area contributed by atoms with Crippen molar-refractivity contribution in [2.45, 2.75) is 25.7 Å². The van der Waals surface area contributed by atoms with E-state index in [0.29, 0.717) is 5.92 Å². The summed E-state index contributed by atoms with van der Waals surface area (Å²) in [6.07, 6.45) is 2.14. The summed E-state index contributed by atoms with van der Waals surface area (Å²) in [5.74, 6) is 0.476. The molecule has 0 aliphatic heterocycles. The topological polar surface area (TPSA) is 0 Å². The van der Waals surface area contributed by atoms with Crippen LogP contribution in [0.4, 0.5) is 0 Å². The first-order valence-corrected chi connectivity index (χ1v) is 8.02. The van der Waals surface area contributed by atoms with Gasteiger partial charge in [-0.05, 0) is 47.6 Å². The van der Waals surface area contributed by atoms with Crippen LogP contribution in [-0.4, -0.2) is 0 Å². The summed E-state index contributed by atoms with van der Waals surface area (Å²) in [6.45, 7) is 2.15. The Kier molecular flexibility index (Phi) is 3.31. The predicted octanol–water partition coefficient (Wildman–Crippen LogP) is 5.27. The van der Waals surface area contributed by atoms with E-state index in [-0.39, 0.29) is 0 Å². The maximum Gasteiger partial charge on any atom is 0.0135 e. The van der Waals surface area contributed by atoms with E-state index >= 15 is 0 Å². The average molecular weight is 284 g/mol. The largest absolute Gasteiger partial charge is 0.0620 e. The lowest BCUT2D eigenvalue weighted by atomic mass is 9.75. The highest BCUT2D eigenvalue weighted by Gasteiger charge is 2.24. The molecule has 0 heteroatoms. The zero-order chi connectivity index (χ0) is 14.9. The minimum Gasteiger partial charge on any atom is -0.0620 e. The monoisotopic (exact) mass is 284 g/mol. The van der Waals surface area contributed by atoms with Crippen molar-refractivity contribution in [2.24, 2.45) is 0 Å². The molecule has 0 saturated carbocycles. The third kappa shape index (κ3) is 2.35. The molecule has 3 aromatic carbocycles. The summed E-state index contributed by atoms with van der Waals surface area (Å²) < 4.78 is 0. The Morgan fingerprint density at radius 1 is 0.727 bits per heavy atom. The van der Waals surface area contributed by atoms with Gasteiger partial charge < -0.3 is 0 Å². The number of benzene rings is 3. The van der Waals surface area contributed by atoms with Crippen LogP contribution in [0.25, 0.3) is 0 Å². The van der Waals surface area contributed by atoms with Crippen molar-refractivity contribution in [3.05, 3.63) is 106 Å². The van der Waals surface area contributed by atoms with Gasteiger partial charge in [0.1, 0.15) is 0 Å². The highest BCUT2D eigenvalue weighted by atomic mass is 14.3. The van der Waals surface area contributed by atoms with Crippen LogP contribution in [0.3, 0.4) is 0 Å². The van der Waals surface area contributed by atoms with E-state index in [4.69, 9.17) is 0 Å². The second-order valence-electron chi connectivity index (χ2n) is 6.32. The fourth-order valence-corrected chi connectivity index (χ4v) is 3.62. The first-order chi connectivity index (χ1) is 10.8. The Hall–Kier alpha value is -2.34. The SMILES string of the molecule is Cc1ccc(CC2c3ccccc3Cc3ccccc32)cc1. The zero-order valence-corrected chi connectivity index (χ0v) is 12.9. The van der Waals surface area contributed by atoms with Gasteiger partial charge in [0, 0.05) is 5.92 Å². The standard InChI is InChI=1S/C22H20/c1-16-10-12-17(13-11-16)14-22-20-8-4-2-6-18(20)15-19-7-3-5-9-21(19)22/h2-13,22H,14-15H2,1H3. The van der Waals surface area contributed by atoms with Gasteiger partial charge in [0.05, 0.1) is 0 Å². The van der Waals surface area contributed by atoms with Crippen molar-refractivity contribution < 1.29 is 0 Å². The van der Waals surface area contributed by atoms with E-state index in [1.165, 1.54) is 33.4 Å². The third-order valence-electron chi connectivity index (χ3n) is 4.80. The van der Waals surface area contributed by atoms with Gasteiger partial charge in [-0.25, -0.2) is 0 Å². The molecule has 3 aromatic rings. The van der Waals surface area contributed by atoms with E-state index in [1.54, 1.807) is 0 Å². The Balaban J connectivity index is 1.79. The van der Waals surface area contributed by atoms with Crippen molar-refractivity contribution in [1.29, 1.82) is 0 Å². The van der Waals surface area contributed by atoms with Crippen molar-refractivity contribution >= 4 is 0 Å². The fraction of sp³-hybridized carbons (Fsp3) is 0.182. The maximum absolute atomic E-state index is 2.31. The molecule has 4 rings (SSSR count). The molecule has 0 amide bonds. The van der Waals surface area contributed by atoms with Crippen LogP contribution in [0.2, 0.25) is 0 Å². The molecule has 0 atom stereocenters. The second kappa shape index (κ2) is 5.46. The van der Waals surface area contributed by atoms with E-state index in [2.05, 4.69) is 79.7 Å². The lowest BCUT2D eigenvalue weighted by molar-refractivity contribution is 0.760. The molecule has 0 bridgehead atoms. The van der Waals surface area contributed by atoms with Crippen molar-refractivity contribution in [1.82, 2.24) is 0 Å². The summed E-state index contributed by atoms with van der Waals surface area (Å²) in [5, 5.41) is 0. The molecule has 1 aliphatic rings. The summed E-state index contributed by atoms with van der Waals surface area (Å²) in [6, 6.07) is 26.8. The summed E-state index contributed by atoms with van der Waals surface area (Å²) >= 11 is 0. The number of hydrogen-bond acceptors (Lipinski definition) is 0. The number of fused-ring (bicyclic) bond motifs is 2. The van der Waals surface area contributed by atoms with E-state index < -0.39 is 0 Å². The molecule has 22 heavy (non-hydrogen) atoms. The van der Waals surface area contributed by atoms with Crippen LogP contribution in [0.5, 0.6) is 0 Å². The van der Waals surface area contributed by atoms with Crippen molar-refractivity contribution in [3.63, 3.8) is 0 Å². The fourth-order valence-electron chi connectivity index (χ4n) is 3.62. The lowest BCUT2D eigenvalue weighted by Gasteiger charge is -2.28. The van der Waals surface area contributed by atoms with Gasteiger partial charge in [-0.15, -0.1) is 0 Å². The van der Waals surface area contributed by atoms with E-state index in [1.807, 2.05) is 0 Å². The number of aryl methyl sites for hydroxylation is 1. The van der Waals surface area contributed by atoms with Gasteiger partial charge in [0.25, 0.3) is 0 Å². The van der Waals surface area contributed by atoms with Crippen molar-refractivity contribution in [2.75, 3.05) is 0 Å². The van der Waals surface area contributed by atoms with Crippen LogP contribution in [0.15, 0.2) is 72.8 Å². The van der Waals surface area contributed by atoms with E-state index in [0.717, 1.165) is 12.8 Å². The summed E-state index contributed by atoms with van der Waals surface area (Å²) in [4.78, 5) is 0. The minimum atomic E-state index is 0.476. The first-order valence-electron chi connectivity index (χ1n) is 8.02. The predicted molar refractivity (Wildman–Crippen MR) is 92.4 cm³/mol. The second-order valence-corrected chi connectivity index (χ2v) is 6.32. The smallest absolute Gasteiger partial charge is 0.0135 e. The molecule has 0 N–H and O–H groups in total. The van der Waals surface area contributed by atoms with E-state index in [9.17, 15) is 0 Å². The molecule has 0 fully saturated rings. The van der Waals surface area contributed by atoms with Crippen LogP contribution in [-0.2, 0) is 12.8 Å². The first kappa shape index (κ1) is 13.3. The molecule has 0 heterocycles. The summed E-state index contributed by atoms with van der Waals surface area (Å²) in [5.41, 5.74) is 8.72. The van der Waals surface area contributed by atoms with Crippen LogP contribution in [0.1, 0.15) is 39.3 Å². The van der Waals surface area contributed by atoms with Gasteiger partial charge in [-0.3, -0.25) is 0 Å². The highest BCUT2D eigenvalue weighted by molar-refractivity contribution is 5.50. The van der Waals surface area contributed by atoms with Crippen LogP contribution < -0.4 is 0 Å². The molecule has 0 radical (unpaired) electrons. The van der Waals surface area contributed by atoms with Gasteiger partial charge in [0.15, 0.2) is 0 Å². The third-order valence-corrected chi connectivity index (χ3v) is 4.80. The maximum atomic E-state index is 2.31. The quantitative estimate of drug-likeness (QED) is 0.601. The van der Waals surface area contributed by atoms with Gasteiger partial charge >= 0.3 is 0 Å².